The Morgan fingerprint density at radius 2 is 2.17 bits per heavy atom. The van der Waals surface area contributed by atoms with Gasteiger partial charge in [-0.3, -0.25) is 9.89 Å². The van der Waals surface area contributed by atoms with Crippen LogP contribution in [0.1, 0.15) is 56.7 Å². The SMILES string of the molecule is CC(C)NC(=O)O[C@@H]1CC[C@H](c2cc(Nc3nccc4c3N(C)C(=O)CC4)n[nH]2)C1. The van der Waals surface area contributed by atoms with Crippen LogP contribution in [0.4, 0.5) is 22.1 Å². The van der Waals surface area contributed by atoms with E-state index in [1.54, 1.807) is 18.1 Å². The largest absolute Gasteiger partial charge is 0.446 e. The van der Waals surface area contributed by atoms with Crippen molar-refractivity contribution < 1.29 is 14.3 Å². The minimum atomic E-state index is -0.360. The summed E-state index contributed by atoms with van der Waals surface area (Å²) in [5.41, 5.74) is 2.91. The van der Waals surface area contributed by atoms with E-state index in [1.165, 1.54) is 0 Å². The number of rotatable bonds is 5. The predicted molar refractivity (Wildman–Crippen MR) is 113 cm³/mol. The van der Waals surface area contributed by atoms with Crippen molar-refractivity contribution in [2.75, 3.05) is 17.3 Å². The van der Waals surface area contributed by atoms with Gasteiger partial charge >= 0.3 is 6.09 Å². The number of nitrogens with one attached hydrogen (secondary N) is 3. The molecule has 2 aromatic heterocycles. The molecule has 1 aliphatic heterocycles. The van der Waals surface area contributed by atoms with E-state index in [1.807, 2.05) is 26.0 Å². The van der Waals surface area contributed by atoms with Gasteiger partial charge in [0, 0.05) is 43.4 Å². The lowest BCUT2D eigenvalue weighted by Crippen LogP contribution is -2.33. The van der Waals surface area contributed by atoms with Crippen LogP contribution in [0.3, 0.4) is 0 Å². The molecule has 0 unspecified atom stereocenters. The molecule has 1 aliphatic carbocycles. The lowest BCUT2D eigenvalue weighted by Gasteiger charge is -2.27. The third-order valence-corrected chi connectivity index (χ3v) is 5.67. The summed E-state index contributed by atoms with van der Waals surface area (Å²) in [6.45, 7) is 3.81. The van der Waals surface area contributed by atoms with Crippen molar-refractivity contribution in [1.82, 2.24) is 20.5 Å². The minimum absolute atomic E-state index is 0.0580. The van der Waals surface area contributed by atoms with E-state index in [-0.39, 0.29) is 30.1 Å². The highest BCUT2D eigenvalue weighted by molar-refractivity contribution is 5.99. The summed E-state index contributed by atoms with van der Waals surface area (Å²) in [5.74, 6) is 1.62. The second-order valence-corrected chi connectivity index (χ2v) is 8.29. The van der Waals surface area contributed by atoms with Gasteiger partial charge in [-0.1, -0.05) is 0 Å². The van der Waals surface area contributed by atoms with Crippen LogP contribution in [0, 0.1) is 0 Å². The molecule has 0 saturated heterocycles. The molecule has 4 rings (SSSR count). The monoisotopic (exact) mass is 412 g/mol. The topological polar surface area (TPSA) is 112 Å². The molecule has 2 aliphatic rings. The Kier molecular flexibility index (Phi) is 5.61. The number of pyridine rings is 1. The maximum Gasteiger partial charge on any atom is 0.407 e. The van der Waals surface area contributed by atoms with Crippen molar-refractivity contribution >= 4 is 29.3 Å². The molecule has 2 aromatic rings. The summed E-state index contributed by atoms with van der Waals surface area (Å²) >= 11 is 0. The van der Waals surface area contributed by atoms with Gasteiger partial charge in [0.05, 0.1) is 5.69 Å². The van der Waals surface area contributed by atoms with Crippen LogP contribution in [-0.2, 0) is 16.0 Å². The van der Waals surface area contributed by atoms with Gasteiger partial charge in [-0.25, -0.2) is 9.78 Å². The average Bonchev–Trinajstić information content (AvgIpc) is 3.33. The number of fused-ring (bicyclic) bond motifs is 1. The van der Waals surface area contributed by atoms with Gasteiger partial charge in [-0.2, -0.15) is 5.10 Å². The summed E-state index contributed by atoms with van der Waals surface area (Å²) in [6.07, 6.45) is 5.06. The van der Waals surface area contributed by atoms with E-state index in [4.69, 9.17) is 4.74 Å². The maximum atomic E-state index is 12.1. The van der Waals surface area contributed by atoms with Crippen molar-refractivity contribution in [3.8, 4) is 0 Å². The number of aromatic nitrogens is 3. The highest BCUT2D eigenvalue weighted by Gasteiger charge is 2.30. The third kappa shape index (κ3) is 4.24. The number of aromatic amines is 1. The molecule has 30 heavy (non-hydrogen) atoms. The van der Waals surface area contributed by atoms with E-state index in [0.717, 1.165) is 42.6 Å². The number of alkyl carbamates (subject to hydrolysis) is 1. The van der Waals surface area contributed by atoms with Crippen LogP contribution in [0.15, 0.2) is 18.3 Å². The molecule has 3 N–H and O–H groups in total. The van der Waals surface area contributed by atoms with Gasteiger partial charge in [0.1, 0.15) is 6.10 Å². The molecular formula is C21H28N6O3. The number of carbonyl (C=O) groups is 2. The summed E-state index contributed by atoms with van der Waals surface area (Å²) in [7, 11) is 1.78. The Morgan fingerprint density at radius 3 is 2.97 bits per heavy atom. The number of aryl methyl sites for hydroxylation is 1. The smallest absolute Gasteiger partial charge is 0.407 e. The highest BCUT2D eigenvalue weighted by atomic mass is 16.6. The molecule has 2 amide bonds. The first kappa shape index (κ1) is 20.2. The molecule has 9 heteroatoms. The Morgan fingerprint density at radius 1 is 1.33 bits per heavy atom. The Hall–Kier alpha value is -3.10. The first-order chi connectivity index (χ1) is 14.4. The van der Waals surface area contributed by atoms with Crippen LogP contribution in [0.25, 0.3) is 0 Å². The van der Waals surface area contributed by atoms with Crippen LogP contribution < -0.4 is 15.5 Å². The Balaban J connectivity index is 1.41. The molecule has 160 valence electrons. The molecule has 0 radical (unpaired) electrons. The van der Waals surface area contributed by atoms with Gasteiger partial charge in [0.15, 0.2) is 11.6 Å². The molecule has 3 heterocycles. The number of amides is 2. The van der Waals surface area contributed by atoms with Crippen molar-refractivity contribution in [3.05, 3.63) is 29.6 Å². The normalized spacial score (nSPS) is 20.9. The summed E-state index contributed by atoms with van der Waals surface area (Å²) in [6, 6.07) is 3.98. The molecule has 2 atom stereocenters. The Labute approximate surface area is 175 Å². The van der Waals surface area contributed by atoms with Crippen LogP contribution in [0.2, 0.25) is 0 Å². The summed E-state index contributed by atoms with van der Waals surface area (Å²) in [4.78, 5) is 30.0. The maximum absolute atomic E-state index is 12.1. The van der Waals surface area contributed by atoms with Crippen LogP contribution >= 0.6 is 0 Å². The lowest BCUT2D eigenvalue weighted by molar-refractivity contribution is -0.118. The summed E-state index contributed by atoms with van der Waals surface area (Å²) in [5, 5.41) is 13.5. The van der Waals surface area contributed by atoms with E-state index in [9.17, 15) is 9.59 Å². The second-order valence-electron chi connectivity index (χ2n) is 8.29. The second kappa shape index (κ2) is 8.33. The zero-order chi connectivity index (χ0) is 21.3. The first-order valence-corrected chi connectivity index (χ1v) is 10.4. The zero-order valence-corrected chi connectivity index (χ0v) is 17.6. The number of anilines is 3. The standard InChI is InChI=1S/C21H28N6O3/c1-12(2)23-21(29)30-15-6-4-14(10-15)16-11-17(26-25-16)24-20-19-13(8-9-22-20)5-7-18(28)27(19)3/h8-9,11-12,14-15H,4-7,10H2,1-3H3,(H,23,29)(H2,22,24,25,26)/t14-,15+/m0/s1. The highest BCUT2D eigenvalue weighted by Crippen LogP contribution is 2.37. The van der Waals surface area contributed by atoms with Crippen molar-refractivity contribution in [3.63, 3.8) is 0 Å². The molecule has 9 nitrogen and oxygen atoms in total. The van der Waals surface area contributed by atoms with E-state index in [2.05, 4.69) is 25.8 Å². The number of H-pyrrole nitrogens is 1. The van der Waals surface area contributed by atoms with Gasteiger partial charge in [-0.05, 0) is 51.2 Å². The zero-order valence-electron chi connectivity index (χ0n) is 17.6. The number of carbonyl (C=O) groups excluding carboxylic acids is 2. The number of nitrogens with zero attached hydrogens (tertiary/aromatic N) is 3. The molecule has 0 spiro atoms. The minimum Gasteiger partial charge on any atom is -0.446 e. The average molecular weight is 412 g/mol. The van der Waals surface area contributed by atoms with Gasteiger partial charge in [0.25, 0.3) is 0 Å². The molecule has 0 aromatic carbocycles. The van der Waals surface area contributed by atoms with E-state index in [0.29, 0.717) is 18.1 Å². The Bertz CT molecular complexity index is 941. The predicted octanol–water partition coefficient (Wildman–Crippen LogP) is 3.23. The first-order valence-electron chi connectivity index (χ1n) is 10.4. The van der Waals surface area contributed by atoms with Crippen molar-refractivity contribution in [2.24, 2.45) is 0 Å². The quantitative estimate of drug-likeness (QED) is 0.695. The third-order valence-electron chi connectivity index (χ3n) is 5.67. The number of hydrogen-bond donors (Lipinski definition) is 3. The van der Waals surface area contributed by atoms with Gasteiger partial charge < -0.3 is 20.3 Å². The number of ether oxygens (including phenoxy) is 1. The summed E-state index contributed by atoms with van der Waals surface area (Å²) < 4.78 is 5.51. The van der Waals surface area contributed by atoms with Crippen LogP contribution in [-0.4, -0.2) is 46.4 Å². The van der Waals surface area contributed by atoms with Gasteiger partial charge in [-0.15, -0.1) is 0 Å². The molecular weight excluding hydrogens is 384 g/mol. The van der Waals surface area contributed by atoms with Crippen molar-refractivity contribution in [1.29, 1.82) is 0 Å². The van der Waals surface area contributed by atoms with Crippen LogP contribution in [0.5, 0.6) is 0 Å². The number of hydrogen-bond acceptors (Lipinski definition) is 6. The fraction of sp³-hybridized carbons (Fsp3) is 0.524. The molecule has 0 bridgehead atoms. The van der Waals surface area contributed by atoms with Crippen molar-refractivity contribution in [2.45, 2.75) is 64.0 Å². The van der Waals surface area contributed by atoms with E-state index >= 15 is 0 Å². The lowest BCUT2D eigenvalue weighted by atomic mass is 10.0. The fourth-order valence-electron chi connectivity index (χ4n) is 4.18. The molecule has 1 fully saturated rings. The van der Waals surface area contributed by atoms with E-state index < -0.39 is 0 Å². The fourth-order valence-corrected chi connectivity index (χ4v) is 4.18. The molecule has 1 saturated carbocycles. The van der Waals surface area contributed by atoms with Gasteiger partial charge in [0.2, 0.25) is 5.91 Å².